The van der Waals surface area contributed by atoms with E-state index < -0.39 is 17.7 Å². The van der Waals surface area contributed by atoms with Crippen molar-refractivity contribution in [2.24, 2.45) is 7.05 Å². The van der Waals surface area contributed by atoms with Crippen molar-refractivity contribution in [3.05, 3.63) is 53.4 Å². The summed E-state index contributed by atoms with van der Waals surface area (Å²) in [4.78, 5) is 2.12. The fourth-order valence-corrected chi connectivity index (χ4v) is 3.10. The largest absolute Gasteiger partial charge is 0.392 e. The maximum absolute atomic E-state index is 13.5. The fraction of sp³-hybridized carbons (Fsp3) is 0.438. The Morgan fingerprint density at radius 1 is 1.27 bits per heavy atom. The maximum atomic E-state index is 13.5. The Morgan fingerprint density at radius 2 is 2.09 bits per heavy atom. The number of likely N-dealkylation sites (tertiary alicyclic amines) is 1. The zero-order valence-corrected chi connectivity index (χ0v) is 12.4. The summed E-state index contributed by atoms with van der Waals surface area (Å²) in [5, 5.41) is 14.1. The highest BCUT2D eigenvalue weighted by Crippen LogP contribution is 2.32. The molecular weight excluding hydrogens is 288 g/mol. The fourth-order valence-electron chi connectivity index (χ4n) is 3.10. The van der Waals surface area contributed by atoms with E-state index in [0.29, 0.717) is 18.5 Å². The molecule has 0 bridgehead atoms. The lowest BCUT2D eigenvalue weighted by molar-refractivity contribution is 0.175. The molecular formula is C16H19F2N3O. The van der Waals surface area contributed by atoms with Gasteiger partial charge in [-0.15, -0.1) is 0 Å². The van der Waals surface area contributed by atoms with Gasteiger partial charge in [0.25, 0.3) is 0 Å². The Labute approximate surface area is 128 Å². The molecule has 1 aliphatic heterocycles. The van der Waals surface area contributed by atoms with E-state index in [4.69, 9.17) is 0 Å². The van der Waals surface area contributed by atoms with Gasteiger partial charge in [-0.25, -0.2) is 8.78 Å². The van der Waals surface area contributed by atoms with Crippen molar-refractivity contribution in [2.75, 3.05) is 13.1 Å². The van der Waals surface area contributed by atoms with E-state index in [1.165, 1.54) is 6.07 Å². The molecule has 1 fully saturated rings. The predicted molar refractivity (Wildman–Crippen MR) is 78.2 cm³/mol. The number of β-amino-alcohol motifs (C(OH)–C–C–N with tert-alkyl or cyclic N) is 1. The second-order valence-corrected chi connectivity index (χ2v) is 5.77. The first kappa shape index (κ1) is 15.1. The van der Waals surface area contributed by atoms with Crippen LogP contribution in [0.5, 0.6) is 0 Å². The monoisotopic (exact) mass is 307 g/mol. The van der Waals surface area contributed by atoms with Crippen LogP contribution in [-0.2, 0) is 13.5 Å². The number of aliphatic hydroxyl groups excluding tert-OH is 1. The average molecular weight is 307 g/mol. The first-order chi connectivity index (χ1) is 10.5. The first-order valence-corrected chi connectivity index (χ1v) is 7.38. The van der Waals surface area contributed by atoms with Gasteiger partial charge in [-0.1, -0.05) is 6.07 Å². The van der Waals surface area contributed by atoms with Gasteiger partial charge in [0.15, 0.2) is 11.6 Å². The van der Waals surface area contributed by atoms with Gasteiger partial charge in [-0.3, -0.25) is 9.58 Å². The Morgan fingerprint density at radius 3 is 2.77 bits per heavy atom. The minimum atomic E-state index is -0.844. The molecule has 1 aliphatic rings. The van der Waals surface area contributed by atoms with Crippen molar-refractivity contribution in [1.82, 2.24) is 14.7 Å². The molecule has 0 amide bonds. The van der Waals surface area contributed by atoms with Crippen molar-refractivity contribution in [3.63, 3.8) is 0 Å². The van der Waals surface area contributed by atoms with Gasteiger partial charge in [0.1, 0.15) is 0 Å². The number of halogens is 2. The number of rotatable bonds is 4. The van der Waals surface area contributed by atoms with E-state index in [9.17, 15) is 13.9 Å². The molecule has 0 unspecified atom stereocenters. The highest BCUT2D eigenvalue weighted by atomic mass is 19.2. The van der Waals surface area contributed by atoms with E-state index in [1.807, 2.05) is 17.8 Å². The van der Waals surface area contributed by atoms with Crippen molar-refractivity contribution >= 4 is 0 Å². The number of aryl methyl sites for hydroxylation is 1. The Hall–Kier alpha value is -1.79. The Bertz CT molecular complexity index is 659. The van der Waals surface area contributed by atoms with Crippen LogP contribution in [0.2, 0.25) is 0 Å². The number of benzene rings is 1. The van der Waals surface area contributed by atoms with Gasteiger partial charge < -0.3 is 5.11 Å². The SMILES string of the molecule is Cn1nccc1CCN1C[C@H](O)C[C@@H]1c1ccc(F)c(F)c1. The Kier molecular flexibility index (Phi) is 4.22. The molecule has 2 atom stereocenters. The zero-order valence-electron chi connectivity index (χ0n) is 12.4. The molecule has 1 N–H and O–H groups in total. The van der Waals surface area contributed by atoms with E-state index in [2.05, 4.69) is 10.00 Å². The van der Waals surface area contributed by atoms with Crippen LogP contribution in [0.1, 0.15) is 23.7 Å². The van der Waals surface area contributed by atoms with Crippen LogP contribution in [-0.4, -0.2) is 39.0 Å². The molecule has 0 saturated carbocycles. The van der Waals surface area contributed by atoms with Gasteiger partial charge in [-0.05, 0) is 30.2 Å². The molecule has 118 valence electrons. The maximum Gasteiger partial charge on any atom is 0.159 e. The molecule has 6 heteroatoms. The van der Waals surface area contributed by atoms with Crippen LogP contribution < -0.4 is 0 Å². The lowest BCUT2D eigenvalue weighted by atomic mass is 10.0. The van der Waals surface area contributed by atoms with Gasteiger partial charge in [0.05, 0.1) is 6.10 Å². The van der Waals surface area contributed by atoms with E-state index in [0.717, 1.165) is 24.7 Å². The lowest BCUT2D eigenvalue weighted by Crippen LogP contribution is -2.27. The number of hydrogen-bond donors (Lipinski definition) is 1. The van der Waals surface area contributed by atoms with Crippen LogP contribution in [0.15, 0.2) is 30.5 Å². The standard InChI is InChI=1S/C16H19F2N3O/c1-20-12(4-6-19-20)5-7-21-10-13(22)9-16(21)11-2-3-14(17)15(18)8-11/h2-4,6,8,13,16,22H,5,7,9-10H2,1H3/t13-,16-/m1/s1. The normalized spacial score (nSPS) is 22.4. The molecule has 2 heterocycles. The van der Waals surface area contributed by atoms with Crippen LogP contribution in [0.4, 0.5) is 8.78 Å². The average Bonchev–Trinajstić information content (AvgIpc) is 3.05. The van der Waals surface area contributed by atoms with Crippen LogP contribution in [0, 0.1) is 11.6 Å². The second kappa shape index (κ2) is 6.14. The first-order valence-electron chi connectivity index (χ1n) is 7.38. The molecule has 1 aromatic heterocycles. The van der Waals surface area contributed by atoms with Gasteiger partial charge >= 0.3 is 0 Å². The van der Waals surface area contributed by atoms with E-state index >= 15 is 0 Å². The molecule has 0 spiro atoms. The van der Waals surface area contributed by atoms with Gasteiger partial charge in [0.2, 0.25) is 0 Å². The second-order valence-electron chi connectivity index (χ2n) is 5.77. The molecule has 2 aromatic rings. The van der Waals surface area contributed by atoms with Crippen LogP contribution in [0.25, 0.3) is 0 Å². The number of nitrogens with zero attached hydrogens (tertiary/aromatic N) is 3. The summed E-state index contributed by atoms with van der Waals surface area (Å²) in [7, 11) is 1.89. The van der Waals surface area contributed by atoms with Crippen LogP contribution >= 0.6 is 0 Å². The summed E-state index contributed by atoms with van der Waals surface area (Å²) < 4.78 is 28.4. The minimum Gasteiger partial charge on any atom is -0.392 e. The summed E-state index contributed by atoms with van der Waals surface area (Å²) in [6, 6.07) is 5.85. The Balaban J connectivity index is 1.74. The molecule has 4 nitrogen and oxygen atoms in total. The number of aliphatic hydroxyl groups is 1. The van der Waals surface area contributed by atoms with E-state index in [1.54, 1.807) is 12.3 Å². The summed E-state index contributed by atoms with van der Waals surface area (Å²) in [6.45, 7) is 1.28. The molecule has 0 radical (unpaired) electrons. The highest BCUT2D eigenvalue weighted by molar-refractivity contribution is 5.23. The minimum absolute atomic E-state index is 0.0849. The molecule has 1 saturated heterocycles. The van der Waals surface area contributed by atoms with Crippen molar-refractivity contribution in [1.29, 1.82) is 0 Å². The third-order valence-corrected chi connectivity index (χ3v) is 4.29. The van der Waals surface area contributed by atoms with Crippen molar-refractivity contribution in [2.45, 2.75) is 25.0 Å². The van der Waals surface area contributed by atoms with Crippen molar-refractivity contribution < 1.29 is 13.9 Å². The quantitative estimate of drug-likeness (QED) is 0.940. The molecule has 1 aromatic carbocycles. The smallest absolute Gasteiger partial charge is 0.159 e. The lowest BCUT2D eigenvalue weighted by Gasteiger charge is -2.24. The van der Waals surface area contributed by atoms with Gasteiger partial charge in [0, 0.05) is 44.5 Å². The molecule has 22 heavy (non-hydrogen) atoms. The predicted octanol–water partition coefficient (Wildman–Crippen LogP) is 2.05. The summed E-state index contributed by atoms with van der Waals surface area (Å²) in [6.07, 6.45) is 2.64. The summed E-state index contributed by atoms with van der Waals surface area (Å²) >= 11 is 0. The third kappa shape index (κ3) is 3.03. The van der Waals surface area contributed by atoms with Gasteiger partial charge in [-0.2, -0.15) is 5.10 Å². The molecule has 0 aliphatic carbocycles. The van der Waals surface area contributed by atoms with Crippen molar-refractivity contribution in [3.8, 4) is 0 Å². The molecule has 3 rings (SSSR count). The number of aromatic nitrogens is 2. The highest BCUT2D eigenvalue weighted by Gasteiger charge is 2.32. The summed E-state index contributed by atoms with van der Waals surface area (Å²) in [5.74, 6) is -1.69. The zero-order chi connectivity index (χ0) is 15.7. The topological polar surface area (TPSA) is 41.3 Å². The van der Waals surface area contributed by atoms with Crippen LogP contribution in [0.3, 0.4) is 0 Å². The number of hydrogen-bond acceptors (Lipinski definition) is 3. The summed E-state index contributed by atoms with van der Waals surface area (Å²) in [5.41, 5.74) is 1.81. The van der Waals surface area contributed by atoms with E-state index in [-0.39, 0.29) is 6.04 Å². The third-order valence-electron chi connectivity index (χ3n) is 4.29.